The molecule has 0 radical (unpaired) electrons. The highest BCUT2D eigenvalue weighted by molar-refractivity contribution is 7.46. The molecule has 0 aromatic carbocycles. The minimum absolute atomic E-state index is 0.232. The molecule has 2 saturated carbocycles. The molecule has 0 amide bonds. The molecule has 6 heteroatoms. The molecule has 0 aliphatic heterocycles. The van der Waals surface area contributed by atoms with E-state index in [4.69, 9.17) is 14.3 Å². The monoisotopic (exact) mass is 334 g/mol. The predicted octanol–water partition coefficient (Wildman–Crippen LogP) is 3.91. The second-order valence-electron chi connectivity index (χ2n) is 7.72. The van der Waals surface area contributed by atoms with Gasteiger partial charge < -0.3 is 14.9 Å². The Morgan fingerprint density at radius 3 is 2.00 bits per heavy atom. The molecule has 0 aromatic rings. The first-order valence-corrected chi connectivity index (χ1v) is 10.2. The van der Waals surface area contributed by atoms with E-state index in [9.17, 15) is 9.67 Å². The summed E-state index contributed by atoms with van der Waals surface area (Å²) in [5, 5.41) is 9.97. The van der Waals surface area contributed by atoms with Gasteiger partial charge in [-0.2, -0.15) is 0 Å². The van der Waals surface area contributed by atoms with Crippen molar-refractivity contribution < 1.29 is 24.0 Å². The fraction of sp³-hybridized carbons (Fsp3) is 1.00. The van der Waals surface area contributed by atoms with E-state index in [-0.39, 0.29) is 6.10 Å². The van der Waals surface area contributed by atoms with Crippen molar-refractivity contribution in [3.8, 4) is 0 Å². The van der Waals surface area contributed by atoms with Crippen molar-refractivity contribution in [2.24, 2.45) is 5.41 Å². The number of aliphatic hydroxyl groups is 1. The van der Waals surface area contributed by atoms with Gasteiger partial charge in [0.2, 0.25) is 0 Å². The van der Waals surface area contributed by atoms with E-state index in [0.29, 0.717) is 11.8 Å². The first-order valence-electron chi connectivity index (χ1n) is 8.67. The van der Waals surface area contributed by atoms with Crippen LogP contribution in [-0.4, -0.2) is 26.6 Å². The van der Waals surface area contributed by atoms with E-state index in [2.05, 4.69) is 6.92 Å². The van der Waals surface area contributed by atoms with Crippen LogP contribution in [0, 0.1) is 5.41 Å². The Kier molecular flexibility index (Phi) is 6.12. The Labute approximate surface area is 133 Å². The summed E-state index contributed by atoms with van der Waals surface area (Å²) in [6.07, 6.45) is 11.7. The zero-order valence-electron chi connectivity index (χ0n) is 13.7. The molecular weight excluding hydrogens is 303 g/mol. The number of aliphatic hydroxyl groups excluding tert-OH is 1. The van der Waals surface area contributed by atoms with Gasteiger partial charge in [-0.3, -0.25) is 4.52 Å². The zero-order chi connectivity index (χ0) is 16.3. The van der Waals surface area contributed by atoms with Crippen molar-refractivity contribution >= 4 is 7.82 Å². The Hall–Kier alpha value is 0.0700. The van der Waals surface area contributed by atoms with Crippen LogP contribution in [0.5, 0.6) is 0 Å². The lowest BCUT2D eigenvalue weighted by Gasteiger charge is -2.17. The van der Waals surface area contributed by atoms with Crippen LogP contribution in [0.2, 0.25) is 0 Å². The van der Waals surface area contributed by atoms with Crippen LogP contribution in [0.1, 0.15) is 84.0 Å². The highest BCUT2D eigenvalue weighted by atomic mass is 31.2. The van der Waals surface area contributed by atoms with Gasteiger partial charge in [0, 0.05) is 0 Å². The average molecular weight is 334 g/mol. The van der Waals surface area contributed by atoms with Crippen LogP contribution in [0.4, 0.5) is 0 Å². The number of phosphoric ester groups is 1. The van der Waals surface area contributed by atoms with E-state index >= 15 is 0 Å². The lowest BCUT2D eigenvalue weighted by atomic mass is 9.98. The predicted molar refractivity (Wildman–Crippen MR) is 85.4 cm³/mol. The highest BCUT2D eigenvalue weighted by Crippen LogP contribution is 2.54. The van der Waals surface area contributed by atoms with Crippen LogP contribution >= 0.6 is 7.82 Å². The van der Waals surface area contributed by atoms with Crippen molar-refractivity contribution in [1.82, 2.24) is 0 Å². The van der Waals surface area contributed by atoms with E-state index in [1.807, 2.05) is 0 Å². The number of hydrogen-bond acceptors (Lipinski definition) is 3. The van der Waals surface area contributed by atoms with Crippen LogP contribution < -0.4 is 0 Å². The lowest BCUT2D eigenvalue weighted by Crippen LogP contribution is -2.13. The molecule has 2 aliphatic carbocycles. The molecule has 2 rings (SSSR count). The summed E-state index contributed by atoms with van der Waals surface area (Å²) in [5.74, 6) is 0. The largest absolute Gasteiger partial charge is 0.470 e. The van der Waals surface area contributed by atoms with E-state index < -0.39 is 13.4 Å². The van der Waals surface area contributed by atoms with Crippen molar-refractivity contribution in [2.45, 2.75) is 95.7 Å². The Morgan fingerprint density at radius 1 is 1.00 bits per heavy atom. The molecule has 5 nitrogen and oxygen atoms in total. The van der Waals surface area contributed by atoms with E-state index in [1.54, 1.807) is 0 Å². The Bertz CT molecular complexity index is 397. The lowest BCUT2D eigenvalue weighted by molar-refractivity contribution is 0.103. The summed E-state index contributed by atoms with van der Waals surface area (Å²) in [4.78, 5) is 17.7. The van der Waals surface area contributed by atoms with E-state index in [1.165, 1.54) is 25.7 Å². The Morgan fingerprint density at radius 2 is 1.55 bits per heavy atom. The van der Waals surface area contributed by atoms with Gasteiger partial charge in [0.15, 0.2) is 0 Å². The van der Waals surface area contributed by atoms with Crippen molar-refractivity contribution in [3.63, 3.8) is 0 Å². The third kappa shape index (κ3) is 7.10. The van der Waals surface area contributed by atoms with Gasteiger partial charge >= 0.3 is 7.82 Å². The van der Waals surface area contributed by atoms with Gasteiger partial charge in [0.25, 0.3) is 0 Å². The third-order valence-electron chi connectivity index (χ3n) is 5.21. The summed E-state index contributed by atoms with van der Waals surface area (Å²) in [6.45, 7) is 2.34. The normalized spacial score (nSPS) is 23.3. The number of phosphoric acid groups is 1. The fourth-order valence-electron chi connectivity index (χ4n) is 3.15. The highest BCUT2D eigenvalue weighted by Gasteiger charge is 2.47. The van der Waals surface area contributed by atoms with Crippen molar-refractivity contribution in [3.05, 3.63) is 0 Å². The first kappa shape index (κ1) is 18.4. The second kappa shape index (κ2) is 7.31. The molecule has 0 spiro atoms. The maximum absolute atomic E-state index is 10.9. The van der Waals surface area contributed by atoms with Gasteiger partial charge in [-0.25, -0.2) is 4.57 Å². The molecule has 0 saturated heterocycles. The fourth-order valence-corrected chi connectivity index (χ4v) is 3.92. The SMILES string of the molecule is CC1(CCCCC(O)CCCCC2(OP(=O)(O)O)CC2)CC1. The molecule has 0 bridgehead atoms. The minimum Gasteiger partial charge on any atom is -0.393 e. The Balaban J connectivity index is 1.47. The summed E-state index contributed by atoms with van der Waals surface area (Å²) in [6, 6.07) is 0. The van der Waals surface area contributed by atoms with Gasteiger partial charge in [-0.1, -0.05) is 32.6 Å². The molecule has 130 valence electrons. The maximum Gasteiger partial charge on any atom is 0.470 e. The zero-order valence-corrected chi connectivity index (χ0v) is 14.6. The third-order valence-corrected chi connectivity index (χ3v) is 5.84. The molecule has 3 N–H and O–H groups in total. The van der Waals surface area contributed by atoms with Crippen LogP contribution in [0.3, 0.4) is 0 Å². The summed E-state index contributed by atoms with van der Waals surface area (Å²) < 4.78 is 15.7. The standard InChI is InChI=1S/C16H31O5P/c1-15(10-11-15)8-4-2-6-14(17)7-3-5-9-16(12-13-16)21-22(18,19)20/h14,17H,2-13H2,1H3,(H2,18,19,20). The maximum atomic E-state index is 10.9. The summed E-state index contributed by atoms with van der Waals surface area (Å²) in [7, 11) is -4.37. The number of rotatable bonds is 12. The topological polar surface area (TPSA) is 87.0 Å². The smallest absolute Gasteiger partial charge is 0.393 e. The van der Waals surface area contributed by atoms with Crippen LogP contribution in [-0.2, 0) is 9.09 Å². The molecular formula is C16H31O5P. The summed E-state index contributed by atoms with van der Waals surface area (Å²) >= 11 is 0. The van der Waals surface area contributed by atoms with Crippen molar-refractivity contribution in [1.29, 1.82) is 0 Å². The quantitative estimate of drug-likeness (QED) is 0.372. The van der Waals surface area contributed by atoms with E-state index in [0.717, 1.165) is 44.9 Å². The van der Waals surface area contributed by atoms with Crippen LogP contribution in [0.15, 0.2) is 0 Å². The van der Waals surface area contributed by atoms with Crippen LogP contribution in [0.25, 0.3) is 0 Å². The molecule has 2 aliphatic rings. The number of unbranched alkanes of at least 4 members (excludes halogenated alkanes) is 2. The second-order valence-corrected chi connectivity index (χ2v) is 8.88. The first-order chi connectivity index (χ1) is 10.2. The molecule has 1 atom stereocenters. The molecule has 1 unspecified atom stereocenters. The minimum atomic E-state index is -4.37. The van der Waals surface area contributed by atoms with Gasteiger partial charge in [-0.15, -0.1) is 0 Å². The average Bonchev–Trinajstić information content (AvgIpc) is 3.30. The molecule has 22 heavy (non-hydrogen) atoms. The van der Waals surface area contributed by atoms with Crippen molar-refractivity contribution in [2.75, 3.05) is 0 Å². The molecule has 0 heterocycles. The van der Waals surface area contributed by atoms with Gasteiger partial charge in [-0.05, 0) is 56.8 Å². The molecule has 2 fully saturated rings. The molecule has 0 aromatic heterocycles. The number of hydrogen-bond donors (Lipinski definition) is 3. The van der Waals surface area contributed by atoms with Gasteiger partial charge in [0.05, 0.1) is 11.7 Å². The van der Waals surface area contributed by atoms with Gasteiger partial charge in [0.1, 0.15) is 0 Å². The summed E-state index contributed by atoms with van der Waals surface area (Å²) in [5.41, 5.74) is 0.0338.